The average Bonchev–Trinajstić information content (AvgIpc) is 3.34. The van der Waals surface area contributed by atoms with Crippen LogP contribution in [0.25, 0.3) is 16.3 Å². The Bertz CT molecular complexity index is 930. The van der Waals surface area contributed by atoms with Crippen molar-refractivity contribution in [3.63, 3.8) is 0 Å². The molecule has 0 spiro atoms. The van der Waals surface area contributed by atoms with Crippen LogP contribution in [-0.2, 0) is 5.75 Å². The van der Waals surface area contributed by atoms with Crippen molar-refractivity contribution in [2.24, 2.45) is 0 Å². The van der Waals surface area contributed by atoms with Crippen molar-refractivity contribution in [1.29, 1.82) is 0 Å². The van der Waals surface area contributed by atoms with E-state index in [0.29, 0.717) is 10.9 Å². The summed E-state index contributed by atoms with van der Waals surface area (Å²) in [6.45, 7) is 0. The van der Waals surface area contributed by atoms with Crippen molar-refractivity contribution < 1.29 is 5.11 Å². The van der Waals surface area contributed by atoms with Crippen LogP contribution in [0.15, 0.2) is 51.6 Å². The third-order valence-corrected chi connectivity index (χ3v) is 5.78. The monoisotopic (exact) mass is 373 g/mol. The second-order valence-corrected chi connectivity index (χ2v) is 7.41. The summed E-state index contributed by atoms with van der Waals surface area (Å²) < 4.78 is 1.65. The van der Waals surface area contributed by atoms with Crippen molar-refractivity contribution in [2.75, 3.05) is 0 Å². The van der Waals surface area contributed by atoms with Crippen molar-refractivity contribution in [3.05, 3.63) is 52.2 Å². The molecule has 0 aliphatic carbocycles. The second-order valence-electron chi connectivity index (χ2n) is 4.83. The molecule has 0 aliphatic rings. The van der Waals surface area contributed by atoms with Gasteiger partial charge in [-0.1, -0.05) is 11.8 Å². The van der Waals surface area contributed by atoms with Gasteiger partial charge in [-0.3, -0.25) is 0 Å². The zero-order chi connectivity index (χ0) is 16.4. The van der Waals surface area contributed by atoms with E-state index in [1.165, 1.54) is 11.8 Å². The van der Waals surface area contributed by atoms with Gasteiger partial charge in [-0.25, -0.2) is 4.98 Å². The van der Waals surface area contributed by atoms with Gasteiger partial charge in [0.25, 0.3) is 0 Å². The molecular weight excluding hydrogens is 362 g/mol. The number of aromatic hydroxyl groups is 1. The first kappa shape index (κ1) is 15.3. The first-order valence-corrected chi connectivity index (χ1v) is 9.78. The molecule has 120 valence electrons. The highest BCUT2D eigenvalue weighted by Gasteiger charge is 2.11. The second kappa shape index (κ2) is 6.71. The summed E-state index contributed by atoms with van der Waals surface area (Å²) in [6.07, 6.45) is 0. The molecule has 4 rings (SSSR count). The molecule has 0 saturated heterocycles. The van der Waals surface area contributed by atoms with Crippen molar-refractivity contribution >= 4 is 34.4 Å². The number of nitrogens with zero attached hydrogens (tertiary/aromatic N) is 5. The van der Waals surface area contributed by atoms with Gasteiger partial charge in [-0.15, -0.1) is 16.4 Å². The number of thioether (sulfide) groups is 1. The van der Waals surface area contributed by atoms with Crippen LogP contribution in [-0.4, -0.2) is 30.3 Å². The number of rotatable bonds is 5. The lowest BCUT2D eigenvalue weighted by atomic mass is 10.3. The fourth-order valence-electron chi connectivity index (χ4n) is 2.06. The van der Waals surface area contributed by atoms with Gasteiger partial charge in [0.15, 0.2) is 0 Å². The maximum absolute atomic E-state index is 9.38. The number of thiazole rings is 1. The molecule has 1 aromatic carbocycles. The molecule has 0 radical (unpaired) electrons. The van der Waals surface area contributed by atoms with Crippen molar-refractivity contribution in [3.8, 4) is 22.0 Å². The predicted molar refractivity (Wildman–Crippen MR) is 95.8 cm³/mol. The Morgan fingerprint density at radius 1 is 1.12 bits per heavy atom. The quantitative estimate of drug-likeness (QED) is 0.536. The van der Waals surface area contributed by atoms with Crippen molar-refractivity contribution in [1.82, 2.24) is 25.2 Å². The molecular formula is C15H11N5OS3. The Hall–Kier alpha value is -2.23. The molecule has 0 unspecified atom stereocenters. The molecule has 0 fully saturated rings. The molecule has 9 heteroatoms. The summed E-state index contributed by atoms with van der Waals surface area (Å²) in [5.74, 6) is 0.906. The van der Waals surface area contributed by atoms with Crippen LogP contribution in [0.5, 0.6) is 5.75 Å². The fraction of sp³-hybridized carbons (Fsp3) is 0.0667. The minimum absolute atomic E-state index is 0.212. The number of benzene rings is 1. The van der Waals surface area contributed by atoms with Crippen LogP contribution >= 0.6 is 34.4 Å². The van der Waals surface area contributed by atoms with Gasteiger partial charge in [-0.05, 0) is 46.1 Å². The van der Waals surface area contributed by atoms with Crippen LogP contribution in [0.2, 0.25) is 0 Å². The number of hydrogen-bond acceptors (Lipinski definition) is 8. The summed E-state index contributed by atoms with van der Waals surface area (Å²) in [5.41, 5.74) is 2.97. The normalized spacial score (nSPS) is 11.0. The van der Waals surface area contributed by atoms with Crippen LogP contribution in [0, 0.1) is 0 Å². The number of hydrogen-bond donors (Lipinski definition) is 1. The molecule has 0 aliphatic heterocycles. The van der Waals surface area contributed by atoms with E-state index in [9.17, 15) is 5.11 Å². The van der Waals surface area contributed by atoms with E-state index >= 15 is 0 Å². The minimum Gasteiger partial charge on any atom is -0.508 e. The lowest BCUT2D eigenvalue weighted by molar-refractivity contribution is 0.475. The SMILES string of the molecule is Oc1ccc(-n2nnnc2SCc2csc(-c3ccsc3)n2)cc1. The largest absolute Gasteiger partial charge is 0.508 e. The van der Waals surface area contributed by atoms with Gasteiger partial charge >= 0.3 is 0 Å². The first-order valence-electron chi connectivity index (χ1n) is 6.97. The lowest BCUT2D eigenvalue weighted by Crippen LogP contribution is -1.98. The molecule has 24 heavy (non-hydrogen) atoms. The predicted octanol–water partition coefficient (Wildman–Crippen LogP) is 3.85. The standard InChI is InChI=1S/C15H11N5OS3/c21-13-3-1-12(2-4-13)20-15(17-18-19-20)24-9-11-8-23-14(16-11)10-5-6-22-7-10/h1-8,21H,9H2. The molecule has 0 saturated carbocycles. The third kappa shape index (κ3) is 3.18. The zero-order valence-corrected chi connectivity index (χ0v) is 14.7. The summed E-state index contributed by atoms with van der Waals surface area (Å²) in [7, 11) is 0. The van der Waals surface area contributed by atoms with Gasteiger partial charge in [0.05, 0.1) is 11.4 Å². The van der Waals surface area contributed by atoms with Gasteiger partial charge in [0.1, 0.15) is 10.8 Å². The van der Waals surface area contributed by atoms with Crippen LogP contribution in [0.4, 0.5) is 0 Å². The lowest BCUT2D eigenvalue weighted by Gasteiger charge is -2.03. The minimum atomic E-state index is 0.212. The molecule has 0 atom stereocenters. The van der Waals surface area contributed by atoms with Gasteiger partial charge < -0.3 is 5.11 Å². The van der Waals surface area contributed by atoms with E-state index in [1.807, 2.05) is 0 Å². The summed E-state index contributed by atoms with van der Waals surface area (Å²) in [4.78, 5) is 4.66. The Kier molecular flexibility index (Phi) is 4.28. The molecule has 0 amide bonds. The maximum Gasteiger partial charge on any atom is 0.214 e. The molecule has 3 heterocycles. The number of aromatic nitrogens is 5. The zero-order valence-electron chi connectivity index (χ0n) is 12.2. The molecule has 1 N–H and O–H groups in total. The first-order chi connectivity index (χ1) is 11.8. The Morgan fingerprint density at radius 2 is 2.00 bits per heavy atom. The Morgan fingerprint density at radius 3 is 2.79 bits per heavy atom. The van der Waals surface area contributed by atoms with E-state index in [-0.39, 0.29) is 5.75 Å². The van der Waals surface area contributed by atoms with Crippen LogP contribution in [0.1, 0.15) is 5.69 Å². The molecule has 0 bridgehead atoms. The molecule has 6 nitrogen and oxygen atoms in total. The highest BCUT2D eigenvalue weighted by atomic mass is 32.2. The third-order valence-electron chi connectivity index (χ3n) is 3.20. The van der Waals surface area contributed by atoms with Crippen LogP contribution in [0.3, 0.4) is 0 Å². The van der Waals surface area contributed by atoms with Gasteiger partial charge in [0, 0.05) is 22.1 Å². The van der Waals surface area contributed by atoms with E-state index in [1.54, 1.807) is 51.6 Å². The summed E-state index contributed by atoms with van der Waals surface area (Å²) in [5, 5.41) is 29.1. The Labute approximate surface area is 149 Å². The Balaban J connectivity index is 1.49. The highest BCUT2D eigenvalue weighted by molar-refractivity contribution is 7.98. The van der Waals surface area contributed by atoms with Gasteiger partial charge in [0.2, 0.25) is 5.16 Å². The number of tetrazole rings is 1. The van der Waals surface area contributed by atoms with E-state index in [0.717, 1.165) is 22.0 Å². The van der Waals surface area contributed by atoms with Crippen LogP contribution < -0.4 is 0 Å². The summed E-state index contributed by atoms with van der Waals surface area (Å²) in [6, 6.07) is 8.84. The van der Waals surface area contributed by atoms with E-state index in [4.69, 9.17) is 0 Å². The van der Waals surface area contributed by atoms with E-state index < -0.39 is 0 Å². The smallest absolute Gasteiger partial charge is 0.214 e. The molecule has 3 aromatic heterocycles. The maximum atomic E-state index is 9.38. The summed E-state index contributed by atoms with van der Waals surface area (Å²) >= 11 is 4.84. The molecule has 4 aromatic rings. The number of phenolic OH excluding ortho intramolecular Hbond substituents is 1. The number of phenols is 1. The highest BCUT2D eigenvalue weighted by Crippen LogP contribution is 2.29. The topological polar surface area (TPSA) is 76.7 Å². The number of thiophene rings is 1. The average molecular weight is 373 g/mol. The van der Waals surface area contributed by atoms with Gasteiger partial charge in [-0.2, -0.15) is 16.0 Å². The fourth-order valence-corrected chi connectivity index (χ4v) is 4.48. The van der Waals surface area contributed by atoms with Crippen molar-refractivity contribution in [2.45, 2.75) is 10.9 Å². The van der Waals surface area contributed by atoms with E-state index in [2.05, 4.69) is 42.7 Å².